The van der Waals surface area contributed by atoms with Crippen LogP contribution in [0.2, 0.25) is 0 Å². The fourth-order valence-corrected chi connectivity index (χ4v) is 2.54. The van der Waals surface area contributed by atoms with E-state index >= 15 is 0 Å². The largest absolute Gasteiger partial charge is 0.115 e. The van der Waals surface area contributed by atoms with Crippen molar-refractivity contribution in [3.8, 4) is 12.3 Å². The Kier molecular flexibility index (Phi) is 1.79. The van der Waals surface area contributed by atoms with Crippen LogP contribution in [0.3, 0.4) is 0 Å². The van der Waals surface area contributed by atoms with E-state index in [2.05, 4.69) is 36.3 Å². The molecule has 0 radical (unpaired) electrons. The van der Waals surface area contributed by atoms with Gasteiger partial charge in [-0.05, 0) is 47.6 Å². The number of allylic oxidation sites excluding steroid dienone is 4. The minimum atomic E-state index is 1.03. The van der Waals surface area contributed by atoms with Crippen molar-refractivity contribution < 1.29 is 0 Å². The van der Waals surface area contributed by atoms with Crippen molar-refractivity contribution in [2.45, 2.75) is 19.3 Å². The number of terminal acetylenes is 1. The van der Waals surface area contributed by atoms with E-state index in [0.717, 1.165) is 24.8 Å². The zero-order chi connectivity index (χ0) is 10.3. The van der Waals surface area contributed by atoms with Gasteiger partial charge in [-0.2, -0.15) is 0 Å². The molecular weight excluding hydrogens is 180 g/mol. The minimum absolute atomic E-state index is 1.03. The van der Waals surface area contributed by atoms with Crippen LogP contribution in [-0.4, -0.2) is 0 Å². The van der Waals surface area contributed by atoms with Crippen LogP contribution in [0.25, 0.3) is 5.57 Å². The normalized spacial score (nSPS) is 17.9. The molecule has 0 aromatic heterocycles. The fraction of sp³-hybridized carbons (Fsp3) is 0.200. The summed E-state index contributed by atoms with van der Waals surface area (Å²) in [6, 6.07) is 8.68. The fourth-order valence-electron chi connectivity index (χ4n) is 2.54. The lowest BCUT2D eigenvalue weighted by molar-refractivity contribution is 1.00. The first kappa shape index (κ1) is 8.56. The van der Waals surface area contributed by atoms with Crippen molar-refractivity contribution in [2.75, 3.05) is 0 Å². The highest BCUT2D eigenvalue weighted by atomic mass is 14.3. The molecule has 72 valence electrons. The first-order chi connectivity index (χ1) is 7.38. The zero-order valence-electron chi connectivity index (χ0n) is 8.59. The summed E-state index contributed by atoms with van der Waals surface area (Å²) in [4.78, 5) is 0. The van der Waals surface area contributed by atoms with E-state index in [1.807, 2.05) is 0 Å². The Hall–Kier alpha value is -1.74. The minimum Gasteiger partial charge on any atom is -0.115 e. The highest BCUT2D eigenvalue weighted by Gasteiger charge is 2.22. The second-order valence-corrected chi connectivity index (χ2v) is 4.15. The second-order valence-electron chi connectivity index (χ2n) is 4.15. The summed E-state index contributed by atoms with van der Waals surface area (Å²) in [6.07, 6.45) is 10.9. The number of hydrogen-bond donors (Lipinski definition) is 0. The number of hydrogen-bond acceptors (Lipinski definition) is 0. The van der Waals surface area contributed by atoms with Crippen LogP contribution in [0.5, 0.6) is 0 Å². The van der Waals surface area contributed by atoms with Gasteiger partial charge in [-0.3, -0.25) is 0 Å². The van der Waals surface area contributed by atoms with E-state index in [1.165, 1.54) is 22.3 Å². The molecule has 3 rings (SSSR count). The van der Waals surface area contributed by atoms with E-state index < -0.39 is 0 Å². The molecule has 0 heterocycles. The first-order valence-corrected chi connectivity index (χ1v) is 5.36. The summed E-state index contributed by atoms with van der Waals surface area (Å²) in [7, 11) is 0. The average molecular weight is 192 g/mol. The van der Waals surface area contributed by atoms with Crippen molar-refractivity contribution in [1.29, 1.82) is 0 Å². The Morgan fingerprint density at radius 3 is 2.87 bits per heavy atom. The molecule has 0 aliphatic heterocycles. The van der Waals surface area contributed by atoms with Crippen LogP contribution in [0, 0.1) is 12.3 Å². The summed E-state index contributed by atoms with van der Waals surface area (Å²) < 4.78 is 0. The Balaban J connectivity index is 2.11. The number of rotatable bonds is 0. The van der Waals surface area contributed by atoms with Gasteiger partial charge in [0.25, 0.3) is 0 Å². The second kappa shape index (κ2) is 3.14. The summed E-state index contributed by atoms with van der Waals surface area (Å²) in [5.74, 6) is 2.77. The van der Waals surface area contributed by atoms with Crippen molar-refractivity contribution in [2.24, 2.45) is 0 Å². The zero-order valence-corrected chi connectivity index (χ0v) is 8.59. The Bertz CT molecular complexity index is 521. The van der Waals surface area contributed by atoms with Gasteiger partial charge in [0.2, 0.25) is 0 Å². The molecule has 0 bridgehead atoms. The maximum Gasteiger partial charge on any atom is 0.00238 e. The quantitative estimate of drug-likeness (QED) is 0.553. The predicted octanol–water partition coefficient (Wildman–Crippen LogP) is 3.35. The Labute approximate surface area is 90.3 Å². The molecule has 2 aliphatic rings. The SMILES string of the molecule is C#CC1=CC2=C(CC1)c1ccccc1C2. The average Bonchev–Trinajstić information content (AvgIpc) is 2.66. The smallest absolute Gasteiger partial charge is 0.00238 e. The standard InChI is InChI=1S/C15H12/c1-2-11-7-8-15-13(9-11)10-12-5-3-4-6-14(12)15/h1,3-6,9H,7-8,10H2. The number of benzene rings is 1. The maximum atomic E-state index is 5.45. The van der Waals surface area contributed by atoms with Gasteiger partial charge < -0.3 is 0 Å². The lowest BCUT2D eigenvalue weighted by Crippen LogP contribution is -1.93. The molecule has 0 saturated carbocycles. The van der Waals surface area contributed by atoms with Gasteiger partial charge in [-0.15, -0.1) is 6.42 Å². The lowest BCUT2D eigenvalue weighted by atomic mass is 9.92. The molecule has 2 aliphatic carbocycles. The van der Waals surface area contributed by atoms with Gasteiger partial charge in [-0.25, -0.2) is 0 Å². The van der Waals surface area contributed by atoms with Crippen molar-refractivity contribution in [3.63, 3.8) is 0 Å². The summed E-state index contributed by atoms with van der Waals surface area (Å²) in [5.41, 5.74) is 7.01. The molecule has 0 nitrogen and oxygen atoms in total. The third-order valence-electron chi connectivity index (χ3n) is 3.29. The third kappa shape index (κ3) is 1.24. The first-order valence-electron chi connectivity index (χ1n) is 5.36. The topological polar surface area (TPSA) is 0 Å². The van der Waals surface area contributed by atoms with Crippen molar-refractivity contribution in [3.05, 3.63) is 52.6 Å². The van der Waals surface area contributed by atoms with Crippen LogP contribution in [-0.2, 0) is 6.42 Å². The molecule has 1 aromatic rings. The monoisotopic (exact) mass is 192 g/mol. The van der Waals surface area contributed by atoms with Gasteiger partial charge in [0.15, 0.2) is 0 Å². The van der Waals surface area contributed by atoms with Crippen LogP contribution in [0.1, 0.15) is 24.0 Å². The molecule has 0 N–H and O–H groups in total. The predicted molar refractivity (Wildman–Crippen MR) is 63.2 cm³/mol. The molecule has 15 heavy (non-hydrogen) atoms. The van der Waals surface area contributed by atoms with Gasteiger partial charge in [-0.1, -0.05) is 30.2 Å². The van der Waals surface area contributed by atoms with Crippen molar-refractivity contribution in [1.82, 2.24) is 0 Å². The van der Waals surface area contributed by atoms with Crippen LogP contribution >= 0.6 is 0 Å². The van der Waals surface area contributed by atoms with Gasteiger partial charge >= 0.3 is 0 Å². The van der Waals surface area contributed by atoms with E-state index in [0.29, 0.717) is 0 Å². The Morgan fingerprint density at radius 1 is 1.13 bits per heavy atom. The summed E-state index contributed by atoms with van der Waals surface area (Å²) >= 11 is 0. The highest BCUT2D eigenvalue weighted by Crippen LogP contribution is 2.40. The molecule has 0 amide bonds. The Morgan fingerprint density at radius 2 is 2.00 bits per heavy atom. The maximum absolute atomic E-state index is 5.45. The lowest BCUT2D eigenvalue weighted by Gasteiger charge is -2.12. The molecule has 0 saturated heterocycles. The summed E-state index contributed by atoms with van der Waals surface area (Å²) in [5, 5.41) is 0. The van der Waals surface area contributed by atoms with Gasteiger partial charge in [0.1, 0.15) is 0 Å². The van der Waals surface area contributed by atoms with Crippen molar-refractivity contribution >= 4 is 5.57 Å². The number of fused-ring (bicyclic) bond motifs is 2. The van der Waals surface area contributed by atoms with Crippen LogP contribution < -0.4 is 0 Å². The van der Waals surface area contributed by atoms with Gasteiger partial charge in [0.05, 0.1) is 0 Å². The molecule has 0 heteroatoms. The molecular formula is C15H12. The van der Waals surface area contributed by atoms with E-state index in [1.54, 1.807) is 0 Å². The third-order valence-corrected chi connectivity index (χ3v) is 3.29. The van der Waals surface area contributed by atoms with Crippen LogP contribution in [0.4, 0.5) is 0 Å². The van der Waals surface area contributed by atoms with E-state index in [4.69, 9.17) is 6.42 Å². The van der Waals surface area contributed by atoms with Crippen LogP contribution in [0.15, 0.2) is 41.5 Å². The molecule has 0 atom stereocenters. The molecule has 0 fully saturated rings. The van der Waals surface area contributed by atoms with Gasteiger partial charge in [0, 0.05) is 5.57 Å². The highest BCUT2D eigenvalue weighted by molar-refractivity contribution is 5.80. The summed E-state index contributed by atoms with van der Waals surface area (Å²) in [6.45, 7) is 0. The molecule has 1 aromatic carbocycles. The van der Waals surface area contributed by atoms with E-state index in [9.17, 15) is 0 Å². The molecule has 0 spiro atoms. The van der Waals surface area contributed by atoms with E-state index in [-0.39, 0.29) is 0 Å². The molecule has 0 unspecified atom stereocenters.